The molecule has 7 heteroatoms. The number of rotatable bonds is 4. The van der Waals surface area contributed by atoms with Crippen molar-refractivity contribution < 1.29 is 4.79 Å². The Morgan fingerprint density at radius 2 is 1.96 bits per heavy atom. The van der Waals surface area contributed by atoms with Crippen LogP contribution in [-0.4, -0.2) is 76.0 Å². The van der Waals surface area contributed by atoms with Crippen LogP contribution in [0.15, 0.2) is 36.5 Å². The van der Waals surface area contributed by atoms with Crippen molar-refractivity contribution >= 4 is 5.91 Å². The number of nitrogens with zero attached hydrogens (tertiary/aromatic N) is 5. The van der Waals surface area contributed by atoms with Gasteiger partial charge in [0.05, 0.1) is 11.9 Å². The van der Waals surface area contributed by atoms with E-state index in [0.29, 0.717) is 18.3 Å². The molecule has 23 heavy (non-hydrogen) atoms. The Bertz CT molecular complexity index is 677. The molecule has 2 aromatic rings. The second-order valence-corrected chi connectivity index (χ2v) is 6.06. The molecule has 7 nitrogen and oxygen atoms in total. The van der Waals surface area contributed by atoms with Crippen LogP contribution in [0, 0.1) is 0 Å². The van der Waals surface area contributed by atoms with Gasteiger partial charge in [-0.05, 0) is 12.1 Å². The van der Waals surface area contributed by atoms with Crippen LogP contribution in [0.2, 0.25) is 0 Å². The molecule has 1 atom stereocenters. The first-order valence-electron chi connectivity index (χ1n) is 8.02. The molecule has 1 aromatic carbocycles. The van der Waals surface area contributed by atoms with Crippen molar-refractivity contribution in [3.63, 3.8) is 0 Å². The quantitative estimate of drug-likeness (QED) is 0.861. The zero-order valence-electron chi connectivity index (χ0n) is 12.9. The number of hydrogen-bond acceptors (Lipinski definition) is 5. The van der Waals surface area contributed by atoms with Crippen LogP contribution in [0.25, 0.3) is 5.69 Å². The summed E-state index contributed by atoms with van der Waals surface area (Å²) in [7, 11) is 0. The van der Waals surface area contributed by atoms with Crippen molar-refractivity contribution in [2.45, 2.75) is 6.04 Å². The second kappa shape index (κ2) is 6.10. The first kappa shape index (κ1) is 14.3. The number of aromatic nitrogens is 3. The molecule has 0 saturated carbocycles. The van der Waals surface area contributed by atoms with Gasteiger partial charge in [-0.15, -0.1) is 5.10 Å². The minimum Gasteiger partial charge on any atom is -0.349 e. The van der Waals surface area contributed by atoms with Gasteiger partial charge < -0.3 is 5.32 Å². The number of amides is 1. The average Bonchev–Trinajstić information content (AvgIpc) is 3.12. The molecule has 1 aromatic heterocycles. The van der Waals surface area contributed by atoms with E-state index in [4.69, 9.17) is 0 Å². The van der Waals surface area contributed by atoms with Crippen LogP contribution in [0.4, 0.5) is 0 Å². The Morgan fingerprint density at radius 1 is 1.17 bits per heavy atom. The van der Waals surface area contributed by atoms with E-state index in [1.165, 1.54) is 11.0 Å². The molecule has 3 fully saturated rings. The molecule has 0 spiro atoms. The highest BCUT2D eigenvalue weighted by Crippen LogP contribution is 2.14. The Morgan fingerprint density at radius 3 is 2.65 bits per heavy atom. The van der Waals surface area contributed by atoms with Gasteiger partial charge in [-0.2, -0.15) is 9.90 Å². The summed E-state index contributed by atoms with van der Waals surface area (Å²) in [6, 6.07) is 9.99. The van der Waals surface area contributed by atoms with Crippen LogP contribution in [0.1, 0.15) is 10.5 Å². The average molecular weight is 312 g/mol. The van der Waals surface area contributed by atoms with Gasteiger partial charge >= 0.3 is 0 Å². The Kier molecular flexibility index (Phi) is 3.80. The number of para-hydroxylation sites is 1. The van der Waals surface area contributed by atoms with Gasteiger partial charge in [0, 0.05) is 45.3 Å². The fourth-order valence-corrected chi connectivity index (χ4v) is 3.27. The lowest BCUT2D eigenvalue weighted by Crippen LogP contribution is -2.63. The third kappa shape index (κ3) is 2.97. The lowest BCUT2D eigenvalue weighted by Gasteiger charge is -2.47. The van der Waals surface area contributed by atoms with Crippen molar-refractivity contribution in [1.29, 1.82) is 0 Å². The van der Waals surface area contributed by atoms with Crippen LogP contribution in [-0.2, 0) is 0 Å². The number of carbonyl (C=O) groups is 1. The highest BCUT2D eigenvalue weighted by atomic mass is 16.2. The van der Waals surface area contributed by atoms with E-state index in [9.17, 15) is 4.79 Å². The maximum absolute atomic E-state index is 12.3. The number of piperazine rings is 3. The van der Waals surface area contributed by atoms with E-state index < -0.39 is 0 Å². The first-order chi connectivity index (χ1) is 11.3. The molecule has 1 unspecified atom stereocenters. The van der Waals surface area contributed by atoms with Gasteiger partial charge in [0.1, 0.15) is 0 Å². The molecule has 1 amide bonds. The molecule has 2 bridgehead atoms. The van der Waals surface area contributed by atoms with E-state index in [1.54, 1.807) is 0 Å². The smallest absolute Gasteiger partial charge is 0.273 e. The van der Waals surface area contributed by atoms with Crippen molar-refractivity contribution in [3.05, 3.63) is 42.2 Å². The van der Waals surface area contributed by atoms with E-state index in [-0.39, 0.29) is 5.91 Å². The summed E-state index contributed by atoms with van der Waals surface area (Å²) in [5.74, 6) is -0.162. The fraction of sp³-hybridized carbons (Fsp3) is 0.438. The van der Waals surface area contributed by atoms with Gasteiger partial charge in [-0.3, -0.25) is 14.6 Å². The monoisotopic (exact) mass is 312 g/mol. The summed E-state index contributed by atoms with van der Waals surface area (Å²) in [6.07, 6.45) is 1.51. The van der Waals surface area contributed by atoms with Gasteiger partial charge in [-0.25, -0.2) is 0 Å². The van der Waals surface area contributed by atoms with Gasteiger partial charge in [0.15, 0.2) is 5.69 Å². The number of benzene rings is 1. The zero-order valence-corrected chi connectivity index (χ0v) is 12.9. The number of carbonyl (C=O) groups excluding carboxylic acids is 1. The molecule has 3 saturated heterocycles. The highest BCUT2D eigenvalue weighted by molar-refractivity contribution is 5.91. The highest BCUT2D eigenvalue weighted by Gasteiger charge is 2.31. The fourth-order valence-electron chi connectivity index (χ4n) is 3.27. The molecule has 5 rings (SSSR count). The molecular weight excluding hydrogens is 292 g/mol. The van der Waals surface area contributed by atoms with Gasteiger partial charge in [0.2, 0.25) is 0 Å². The minimum absolute atomic E-state index is 0.162. The summed E-state index contributed by atoms with van der Waals surface area (Å²) in [4.78, 5) is 18.7. The molecule has 1 N–H and O–H groups in total. The third-order valence-corrected chi connectivity index (χ3v) is 4.60. The lowest BCUT2D eigenvalue weighted by atomic mass is 10.1. The van der Waals surface area contributed by atoms with Crippen molar-refractivity contribution in [3.8, 4) is 5.69 Å². The topological polar surface area (TPSA) is 66.3 Å². The SMILES string of the molecule is O=C(NCC1CN2CCN1CC2)c1cnn(-c2ccccc2)n1. The third-order valence-electron chi connectivity index (χ3n) is 4.60. The summed E-state index contributed by atoms with van der Waals surface area (Å²) in [5, 5.41) is 11.4. The summed E-state index contributed by atoms with van der Waals surface area (Å²) in [5.41, 5.74) is 1.19. The molecule has 120 valence electrons. The molecular formula is C16H20N6O. The minimum atomic E-state index is -0.162. The van der Waals surface area contributed by atoms with E-state index in [2.05, 4.69) is 25.3 Å². The van der Waals surface area contributed by atoms with Crippen LogP contribution >= 0.6 is 0 Å². The van der Waals surface area contributed by atoms with Crippen LogP contribution < -0.4 is 5.32 Å². The number of nitrogens with one attached hydrogen (secondary N) is 1. The number of fused-ring (bicyclic) bond motifs is 3. The summed E-state index contributed by atoms with van der Waals surface area (Å²) in [6.45, 7) is 6.20. The predicted octanol–water partition coefficient (Wildman–Crippen LogP) is -0.00310. The maximum Gasteiger partial charge on any atom is 0.273 e. The van der Waals surface area contributed by atoms with E-state index >= 15 is 0 Å². The summed E-state index contributed by atoms with van der Waals surface area (Å²) < 4.78 is 0. The molecule has 3 aliphatic rings. The summed E-state index contributed by atoms with van der Waals surface area (Å²) >= 11 is 0. The normalized spacial score (nSPS) is 26.2. The molecule has 3 aliphatic heterocycles. The Balaban J connectivity index is 1.37. The van der Waals surface area contributed by atoms with Crippen molar-refractivity contribution in [1.82, 2.24) is 30.1 Å². The van der Waals surface area contributed by atoms with Gasteiger partial charge in [-0.1, -0.05) is 18.2 Å². The predicted molar refractivity (Wildman–Crippen MR) is 85.5 cm³/mol. The van der Waals surface area contributed by atoms with E-state index in [1.807, 2.05) is 30.3 Å². The second-order valence-electron chi connectivity index (χ2n) is 6.06. The first-order valence-corrected chi connectivity index (χ1v) is 8.02. The molecule has 4 heterocycles. The van der Waals surface area contributed by atoms with Crippen LogP contribution in [0.5, 0.6) is 0 Å². The molecule has 0 radical (unpaired) electrons. The van der Waals surface area contributed by atoms with Crippen molar-refractivity contribution in [2.24, 2.45) is 0 Å². The van der Waals surface area contributed by atoms with Gasteiger partial charge in [0.25, 0.3) is 5.91 Å². The lowest BCUT2D eigenvalue weighted by molar-refractivity contribution is 0.0138. The zero-order chi connectivity index (χ0) is 15.6. The van der Waals surface area contributed by atoms with Crippen molar-refractivity contribution in [2.75, 3.05) is 39.3 Å². The standard InChI is InChI=1S/C16H20N6O/c23-16(17-10-14-12-20-6-8-21(14)9-7-20)15-11-18-22(19-15)13-4-2-1-3-5-13/h1-5,11,14H,6-10,12H2,(H,17,23). The largest absolute Gasteiger partial charge is 0.349 e. The van der Waals surface area contributed by atoms with Crippen LogP contribution in [0.3, 0.4) is 0 Å². The Labute approximate surface area is 134 Å². The van der Waals surface area contributed by atoms with E-state index in [0.717, 1.165) is 38.4 Å². The number of hydrogen-bond donors (Lipinski definition) is 1. The Hall–Kier alpha value is -2.25. The molecule has 0 aliphatic carbocycles. The maximum atomic E-state index is 12.3.